The Bertz CT molecular complexity index is 755. The first kappa shape index (κ1) is 22.5. The molecule has 2 aliphatic rings. The number of hydrogen-bond donors (Lipinski definition) is 2. The number of unbranched alkanes of at least 4 members (excludes halogenated alkanes) is 1. The van der Waals surface area contributed by atoms with Crippen molar-refractivity contribution in [1.82, 2.24) is 0 Å². The predicted molar refractivity (Wildman–Crippen MR) is 116 cm³/mol. The molecule has 3 unspecified atom stereocenters. The number of nitrogens with zero attached hydrogens (tertiary/aromatic N) is 1. The highest BCUT2D eigenvalue weighted by Gasteiger charge is 2.31. The molecule has 0 fully saturated rings. The summed E-state index contributed by atoms with van der Waals surface area (Å²) in [6, 6.07) is 8.16. The lowest BCUT2D eigenvalue weighted by Gasteiger charge is -2.22. The van der Waals surface area contributed by atoms with Gasteiger partial charge < -0.3 is 19.7 Å². The van der Waals surface area contributed by atoms with Crippen molar-refractivity contribution in [3.63, 3.8) is 0 Å². The summed E-state index contributed by atoms with van der Waals surface area (Å²) in [4.78, 5) is 15.6. The Kier molecular flexibility index (Phi) is 8.46. The van der Waals surface area contributed by atoms with Crippen LogP contribution >= 0.6 is 0 Å². The van der Waals surface area contributed by atoms with Gasteiger partial charge >= 0.3 is 5.97 Å². The molecule has 2 N–H and O–H groups in total. The number of aliphatic hydroxyl groups is 1. The minimum Gasteiger partial charge on any atom is -0.481 e. The monoisotopic (exact) mass is 415 g/mol. The third-order valence-electron chi connectivity index (χ3n) is 5.71. The van der Waals surface area contributed by atoms with E-state index in [4.69, 9.17) is 19.6 Å². The topological polar surface area (TPSA) is 88.4 Å². The number of aliphatic imine (C=N–C) groups is 1. The van der Waals surface area contributed by atoms with Crippen LogP contribution in [0.2, 0.25) is 0 Å². The first-order valence-corrected chi connectivity index (χ1v) is 11.1. The van der Waals surface area contributed by atoms with Gasteiger partial charge in [0.25, 0.3) is 0 Å². The number of carbonyl (C=O) groups is 1. The largest absolute Gasteiger partial charge is 0.481 e. The summed E-state index contributed by atoms with van der Waals surface area (Å²) >= 11 is 0. The van der Waals surface area contributed by atoms with Crippen molar-refractivity contribution in [2.24, 2.45) is 4.99 Å². The van der Waals surface area contributed by atoms with Crippen molar-refractivity contribution in [3.8, 4) is 0 Å². The number of aryl methyl sites for hydroxylation is 1. The van der Waals surface area contributed by atoms with Gasteiger partial charge in [0.2, 0.25) is 5.90 Å². The molecule has 0 saturated heterocycles. The molecular formula is C24H33NO5. The normalized spacial score (nSPS) is 23.6. The number of benzene rings is 1. The first-order valence-electron chi connectivity index (χ1n) is 11.1. The minimum atomic E-state index is -0.795. The quantitative estimate of drug-likeness (QED) is 0.535. The maximum Gasteiger partial charge on any atom is 0.307 e. The van der Waals surface area contributed by atoms with Crippen LogP contribution in [0.15, 0.2) is 40.9 Å². The van der Waals surface area contributed by atoms with Gasteiger partial charge in [-0.05, 0) is 56.2 Å². The summed E-state index contributed by atoms with van der Waals surface area (Å²) in [5.74, 6) is -0.210. The maximum atomic E-state index is 10.9. The van der Waals surface area contributed by atoms with Crippen LogP contribution in [0, 0.1) is 0 Å². The Hall–Kier alpha value is -2.18. The Morgan fingerprint density at radius 2 is 2.10 bits per heavy atom. The number of hydrogen-bond acceptors (Lipinski definition) is 5. The van der Waals surface area contributed by atoms with Gasteiger partial charge in [0.05, 0.1) is 25.2 Å². The van der Waals surface area contributed by atoms with Crippen LogP contribution in [0.3, 0.4) is 0 Å². The highest BCUT2D eigenvalue weighted by molar-refractivity contribution is 5.95. The zero-order valence-electron chi connectivity index (χ0n) is 17.8. The Morgan fingerprint density at radius 1 is 1.30 bits per heavy atom. The lowest BCUT2D eigenvalue weighted by Crippen LogP contribution is -2.28. The summed E-state index contributed by atoms with van der Waals surface area (Å²) in [5, 5.41) is 18.7. The number of aliphatic hydroxyl groups excluding tert-OH is 1. The van der Waals surface area contributed by atoms with E-state index in [1.54, 1.807) is 0 Å². The van der Waals surface area contributed by atoms with Crippen molar-refractivity contribution >= 4 is 11.9 Å². The Balaban J connectivity index is 1.53. The summed E-state index contributed by atoms with van der Waals surface area (Å²) in [6.07, 6.45) is 8.44. The van der Waals surface area contributed by atoms with Crippen LogP contribution in [0.4, 0.5) is 0 Å². The van der Waals surface area contributed by atoms with E-state index in [0.717, 1.165) is 36.8 Å². The van der Waals surface area contributed by atoms with Crippen LogP contribution in [0.5, 0.6) is 0 Å². The van der Waals surface area contributed by atoms with Crippen molar-refractivity contribution < 1.29 is 24.5 Å². The molecule has 0 bridgehead atoms. The molecule has 6 heteroatoms. The zero-order chi connectivity index (χ0) is 21.3. The predicted octanol–water partition coefficient (Wildman–Crippen LogP) is 3.90. The average Bonchev–Trinajstić information content (AvgIpc) is 3.15. The molecule has 1 aromatic carbocycles. The van der Waals surface area contributed by atoms with Crippen molar-refractivity contribution in [1.29, 1.82) is 0 Å². The number of ether oxygens (including phenoxy) is 2. The van der Waals surface area contributed by atoms with Gasteiger partial charge in [-0.3, -0.25) is 4.79 Å². The van der Waals surface area contributed by atoms with E-state index in [1.807, 2.05) is 18.2 Å². The fourth-order valence-corrected chi connectivity index (χ4v) is 4.01. The van der Waals surface area contributed by atoms with Crippen LogP contribution in [0.25, 0.3) is 0 Å². The lowest BCUT2D eigenvalue weighted by atomic mass is 9.95. The number of aliphatic carboxylic acids is 1. The highest BCUT2D eigenvalue weighted by atomic mass is 16.5. The van der Waals surface area contributed by atoms with Gasteiger partial charge in [0.1, 0.15) is 6.10 Å². The van der Waals surface area contributed by atoms with E-state index in [9.17, 15) is 9.90 Å². The molecule has 164 valence electrons. The van der Waals surface area contributed by atoms with Crippen LogP contribution in [-0.4, -0.2) is 53.5 Å². The lowest BCUT2D eigenvalue weighted by molar-refractivity contribution is -0.136. The zero-order valence-corrected chi connectivity index (χ0v) is 17.8. The van der Waals surface area contributed by atoms with E-state index < -0.39 is 5.97 Å². The second-order valence-corrected chi connectivity index (χ2v) is 8.13. The SMILES string of the molecule is CCCCc1ccc(C2=NC(CCOC3C=C(CC(=O)O)CCC3)C(CO)O2)cc1. The minimum absolute atomic E-state index is 0.0397. The smallest absolute Gasteiger partial charge is 0.307 e. The Labute approximate surface area is 178 Å². The first-order chi connectivity index (χ1) is 14.6. The van der Waals surface area contributed by atoms with Gasteiger partial charge in [-0.25, -0.2) is 4.99 Å². The molecule has 30 heavy (non-hydrogen) atoms. The molecule has 0 spiro atoms. The molecule has 0 saturated carbocycles. The van der Waals surface area contributed by atoms with Crippen molar-refractivity contribution in [2.45, 2.75) is 76.5 Å². The maximum absolute atomic E-state index is 10.9. The number of carboxylic acid groups (broad SMARTS) is 1. The van der Waals surface area contributed by atoms with Gasteiger partial charge in [-0.2, -0.15) is 0 Å². The number of rotatable bonds is 11. The third kappa shape index (κ3) is 6.41. The summed E-state index contributed by atoms with van der Waals surface area (Å²) in [5.41, 5.74) is 3.19. The van der Waals surface area contributed by atoms with Gasteiger partial charge in [0.15, 0.2) is 0 Å². The molecule has 1 aliphatic heterocycles. The van der Waals surface area contributed by atoms with Gasteiger partial charge in [0, 0.05) is 12.2 Å². The van der Waals surface area contributed by atoms with Crippen molar-refractivity contribution in [3.05, 3.63) is 47.0 Å². The average molecular weight is 416 g/mol. The number of carboxylic acids is 1. The van der Waals surface area contributed by atoms with Crippen LogP contribution in [0.1, 0.15) is 63.0 Å². The fraction of sp³-hybridized carbons (Fsp3) is 0.583. The molecule has 1 aromatic rings. The summed E-state index contributed by atoms with van der Waals surface area (Å²) in [7, 11) is 0. The standard InChI is InChI=1S/C24H33NO5/c1-2-3-5-17-8-10-19(11-9-17)24-25-21(22(16-26)30-24)12-13-29-20-7-4-6-18(14-20)15-23(27)28/h8-11,14,20-22,26H,2-7,12-13,15-16H2,1H3,(H,27,28). The molecular weight excluding hydrogens is 382 g/mol. The van der Waals surface area contributed by atoms with Gasteiger partial charge in [-0.1, -0.05) is 37.1 Å². The van der Waals surface area contributed by atoms with Gasteiger partial charge in [-0.15, -0.1) is 0 Å². The van der Waals surface area contributed by atoms with Crippen molar-refractivity contribution in [2.75, 3.05) is 13.2 Å². The molecule has 1 heterocycles. The second kappa shape index (κ2) is 11.3. The Morgan fingerprint density at radius 3 is 2.80 bits per heavy atom. The van der Waals surface area contributed by atoms with E-state index in [2.05, 4.69) is 19.1 Å². The molecule has 3 atom stereocenters. The molecule has 1 aliphatic carbocycles. The summed E-state index contributed by atoms with van der Waals surface area (Å²) in [6.45, 7) is 2.60. The van der Waals surface area contributed by atoms with E-state index in [1.165, 1.54) is 18.4 Å². The fourth-order valence-electron chi connectivity index (χ4n) is 4.01. The highest BCUT2D eigenvalue weighted by Crippen LogP contribution is 2.25. The molecule has 0 amide bonds. The summed E-state index contributed by atoms with van der Waals surface area (Å²) < 4.78 is 11.9. The third-order valence-corrected chi connectivity index (χ3v) is 5.71. The van der Waals surface area contributed by atoms with E-state index in [-0.39, 0.29) is 31.3 Å². The molecule has 0 radical (unpaired) electrons. The van der Waals surface area contributed by atoms with E-state index in [0.29, 0.717) is 18.9 Å². The molecule has 3 rings (SSSR count). The van der Waals surface area contributed by atoms with E-state index >= 15 is 0 Å². The molecule has 0 aromatic heterocycles. The van der Waals surface area contributed by atoms with Crippen LogP contribution in [-0.2, 0) is 20.7 Å². The van der Waals surface area contributed by atoms with Crippen LogP contribution < -0.4 is 0 Å². The molecule has 6 nitrogen and oxygen atoms in total. The second-order valence-electron chi connectivity index (χ2n) is 8.13.